The van der Waals surface area contributed by atoms with E-state index in [4.69, 9.17) is 4.74 Å². The first-order valence-corrected chi connectivity index (χ1v) is 7.66. The van der Waals surface area contributed by atoms with Gasteiger partial charge in [-0.2, -0.15) is 0 Å². The number of hydrogen-bond donors (Lipinski definition) is 0. The summed E-state index contributed by atoms with van der Waals surface area (Å²) in [6.07, 6.45) is 4.46. The maximum absolute atomic E-state index is 12.8. The van der Waals surface area contributed by atoms with Crippen LogP contribution in [0.2, 0.25) is 0 Å². The molecule has 4 rings (SSSR count). The smallest absolute Gasteiger partial charge is 0.254 e. The van der Waals surface area contributed by atoms with Crippen molar-refractivity contribution < 1.29 is 19.1 Å². The van der Waals surface area contributed by atoms with Crippen molar-refractivity contribution in [3.05, 3.63) is 29.0 Å². The molecule has 1 saturated heterocycles. The van der Waals surface area contributed by atoms with Gasteiger partial charge in [0.15, 0.2) is 0 Å². The zero-order chi connectivity index (χ0) is 15.1. The number of amides is 1. The van der Waals surface area contributed by atoms with Crippen molar-refractivity contribution in [2.24, 2.45) is 0 Å². The first-order valence-electron chi connectivity index (χ1n) is 7.66. The first-order chi connectivity index (χ1) is 10.7. The van der Waals surface area contributed by atoms with E-state index in [9.17, 15) is 10.0 Å². The number of benzene rings is 1. The van der Waals surface area contributed by atoms with E-state index < -0.39 is 0 Å². The molecule has 2 fully saturated rings. The molecule has 2 aromatic rings. The first kappa shape index (κ1) is 13.5. The van der Waals surface area contributed by atoms with Gasteiger partial charge in [-0.05, 0) is 29.9 Å². The second-order valence-electron chi connectivity index (χ2n) is 5.89. The van der Waals surface area contributed by atoms with E-state index in [0.29, 0.717) is 34.7 Å². The molecule has 22 heavy (non-hydrogen) atoms. The summed E-state index contributed by atoms with van der Waals surface area (Å²) in [6.45, 7) is 1.19. The lowest BCUT2D eigenvalue weighted by Crippen LogP contribution is -2.54. The Balaban J connectivity index is 1.63. The van der Waals surface area contributed by atoms with Crippen LogP contribution in [0.15, 0.2) is 22.8 Å². The summed E-state index contributed by atoms with van der Waals surface area (Å²) in [7, 11) is 0. The molecular weight excluding hydrogens is 286 g/mol. The lowest BCUT2D eigenvalue weighted by atomic mass is 9.89. The van der Waals surface area contributed by atoms with Crippen LogP contribution in [0.4, 0.5) is 0 Å². The van der Waals surface area contributed by atoms with Crippen molar-refractivity contribution >= 4 is 16.9 Å². The predicted octanol–water partition coefficient (Wildman–Crippen LogP) is 1.24. The quantitative estimate of drug-likeness (QED) is 0.740. The van der Waals surface area contributed by atoms with Crippen LogP contribution >= 0.6 is 0 Å². The molecule has 2 aliphatic rings. The highest BCUT2D eigenvalue weighted by Crippen LogP contribution is 2.29. The largest absolute Gasteiger partial charge is 0.374 e. The fourth-order valence-electron chi connectivity index (χ4n) is 3.52. The number of fused-ring (bicyclic) bond motifs is 2. The third-order valence-corrected chi connectivity index (χ3v) is 4.63. The summed E-state index contributed by atoms with van der Waals surface area (Å²) in [5.74, 6) is -0.0254. The minimum absolute atomic E-state index is 0.0254. The Morgan fingerprint density at radius 2 is 2.23 bits per heavy atom. The second kappa shape index (κ2) is 5.24. The molecule has 1 aromatic carbocycles. The standard InChI is InChI=1S/C15H17N3O4/c19-15(10-5-6-12-11(9-10)16-22-18(12)20)17-7-8-21-14-4-2-1-3-13(14)17/h5-6,9,13-14H,1-4,7-8H2/t13-,14-/m1/s1. The normalized spacial score (nSPS) is 25.2. The van der Waals surface area contributed by atoms with E-state index in [1.165, 1.54) is 0 Å². The van der Waals surface area contributed by atoms with Gasteiger partial charge in [0.2, 0.25) is 11.0 Å². The zero-order valence-electron chi connectivity index (χ0n) is 12.1. The van der Waals surface area contributed by atoms with E-state index in [0.717, 1.165) is 25.7 Å². The maximum Gasteiger partial charge on any atom is 0.254 e. The fourth-order valence-corrected chi connectivity index (χ4v) is 3.52. The molecule has 1 amide bonds. The minimum atomic E-state index is -0.0254. The number of ether oxygens (including phenoxy) is 1. The average molecular weight is 303 g/mol. The molecule has 1 saturated carbocycles. The number of aromatic nitrogens is 2. The second-order valence-corrected chi connectivity index (χ2v) is 5.89. The van der Waals surface area contributed by atoms with Gasteiger partial charge in [0.1, 0.15) is 0 Å². The monoisotopic (exact) mass is 303 g/mol. The summed E-state index contributed by atoms with van der Waals surface area (Å²) in [4.78, 5) is 15.1. The van der Waals surface area contributed by atoms with Crippen LogP contribution in [-0.4, -0.2) is 41.3 Å². The number of hydrogen-bond acceptors (Lipinski definition) is 5. The third kappa shape index (κ3) is 2.12. The molecule has 0 unspecified atom stereocenters. The van der Waals surface area contributed by atoms with Crippen molar-refractivity contribution in [1.29, 1.82) is 0 Å². The number of morpholine rings is 1. The van der Waals surface area contributed by atoms with Crippen LogP contribution in [0, 0.1) is 5.21 Å². The van der Waals surface area contributed by atoms with Gasteiger partial charge in [-0.3, -0.25) is 9.42 Å². The number of rotatable bonds is 1. The van der Waals surface area contributed by atoms with Crippen molar-refractivity contribution in [2.75, 3.05) is 13.2 Å². The molecule has 7 heteroatoms. The van der Waals surface area contributed by atoms with Crippen LogP contribution in [0.3, 0.4) is 0 Å². The van der Waals surface area contributed by atoms with Crippen LogP contribution in [-0.2, 0) is 4.74 Å². The van der Waals surface area contributed by atoms with Gasteiger partial charge in [-0.25, -0.2) is 0 Å². The third-order valence-electron chi connectivity index (χ3n) is 4.63. The maximum atomic E-state index is 12.8. The number of carbonyl (C=O) groups is 1. The Bertz CT molecular complexity index is 712. The van der Waals surface area contributed by atoms with Gasteiger partial charge in [-0.1, -0.05) is 12.8 Å². The van der Waals surface area contributed by atoms with Gasteiger partial charge >= 0.3 is 0 Å². The Kier molecular flexibility index (Phi) is 3.22. The van der Waals surface area contributed by atoms with E-state index in [1.54, 1.807) is 18.2 Å². The molecule has 1 aliphatic carbocycles. The van der Waals surface area contributed by atoms with E-state index in [1.807, 2.05) is 4.90 Å². The summed E-state index contributed by atoms with van der Waals surface area (Å²) >= 11 is 0. The van der Waals surface area contributed by atoms with Gasteiger partial charge in [0.25, 0.3) is 5.91 Å². The van der Waals surface area contributed by atoms with Gasteiger partial charge in [0.05, 0.1) is 18.8 Å². The average Bonchev–Trinajstić information content (AvgIpc) is 2.94. The lowest BCUT2D eigenvalue weighted by molar-refractivity contribution is -0.782. The zero-order valence-corrected chi connectivity index (χ0v) is 12.1. The summed E-state index contributed by atoms with van der Waals surface area (Å²) in [5, 5.41) is 15.0. The highest BCUT2D eigenvalue weighted by atomic mass is 16.8. The molecule has 1 aromatic heterocycles. The number of carbonyl (C=O) groups excluding carboxylic acids is 1. The van der Waals surface area contributed by atoms with E-state index >= 15 is 0 Å². The fraction of sp³-hybridized carbons (Fsp3) is 0.533. The molecule has 0 spiro atoms. The topological polar surface area (TPSA) is 82.5 Å². The highest BCUT2D eigenvalue weighted by molar-refractivity contribution is 5.97. The Morgan fingerprint density at radius 3 is 3.14 bits per heavy atom. The molecule has 7 nitrogen and oxygen atoms in total. The van der Waals surface area contributed by atoms with Crippen molar-refractivity contribution in [1.82, 2.24) is 10.1 Å². The summed E-state index contributed by atoms with van der Waals surface area (Å²) in [6, 6.07) is 5.00. The lowest BCUT2D eigenvalue weighted by Gasteiger charge is -2.43. The molecule has 0 N–H and O–H groups in total. The van der Waals surface area contributed by atoms with E-state index in [-0.39, 0.29) is 18.1 Å². The van der Waals surface area contributed by atoms with Crippen molar-refractivity contribution in [2.45, 2.75) is 37.8 Å². The molecule has 2 atom stereocenters. The molecule has 1 aliphatic heterocycles. The predicted molar refractivity (Wildman–Crippen MR) is 76.0 cm³/mol. The molecule has 116 valence electrons. The van der Waals surface area contributed by atoms with Crippen molar-refractivity contribution in [3.8, 4) is 0 Å². The van der Waals surface area contributed by atoms with Crippen LogP contribution in [0.1, 0.15) is 36.0 Å². The Hall–Kier alpha value is -2.15. The number of nitrogens with zero attached hydrogens (tertiary/aromatic N) is 3. The molecule has 2 heterocycles. The summed E-state index contributed by atoms with van der Waals surface area (Å²) < 4.78 is 10.4. The van der Waals surface area contributed by atoms with Crippen LogP contribution < -0.4 is 4.90 Å². The van der Waals surface area contributed by atoms with Crippen molar-refractivity contribution in [3.63, 3.8) is 0 Å². The van der Waals surface area contributed by atoms with Crippen LogP contribution in [0.5, 0.6) is 0 Å². The van der Waals surface area contributed by atoms with Gasteiger partial charge in [0, 0.05) is 23.3 Å². The highest BCUT2D eigenvalue weighted by Gasteiger charge is 2.37. The summed E-state index contributed by atoms with van der Waals surface area (Å²) in [5.41, 5.74) is 1.26. The molecular formula is C15H17N3O4. The van der Waals surface area contributed by atoms with E-state index in [2.05, 4.69) is 9.79 Å². The molecule has 0 bridgehead atoms. The Labute approximate surface area is 127 Å². The minimum Gasteiger partial charge on any atom is -0.374 e. The van der Waals surface area contributed by atoms with Gasteiger partial charge in [-0.15, -0.1) is 0 Å². The molecule has 0 radical (unpaired) electrons. The van der Waals surface area contributed by atoms with Crippen LogP contribution in [0.25, 0.3) is 11.0 Å². The van der Waals surface area contributed by atoms with Gasteiger partial charge < -0.3 is 14.8 Å². The Morgan fingerprint density at radius 1 is 1.36 bits per heavy atom. The SMILES string of the molecule is O=C(c1ccc2c(c1)no[n+]2[O-])N1CCO[C@@H]2CCCC[C@H]21.